The Bertz CT molecular complexity index is 562. The van der Waals surface area contributed by atoms with Gasteiger partial charge in [0.05, 0.1) is 12.1 Å². The summed E-state index contributed by atoms with van der Waals surface area (Å²) in [6.45, 7) is 4.43. The van der Waals surface area contributed by atoms with Crippen molar-refractivity contribution in [2.75, 3.05) is 40.5 Å². The summed E-state index contributed by atoms with van der Waals surface area (Å²) in [7, 11) is 3.44. The minimum atomic E-state index is -0.363. The van der Waals surface area contributed by atoms with E-state index in [1.165, 1.54) is 6.07 Å². The second-order valence-electron chi connectivity index (χ2n) is 6.17. The summed E-state index contributed by atoms with van der Waals surface area (Å²) in [6, 6.07) is 6.39. The number of benzene rings is 1. The average molecular weight is 353 g/mol. The van der Waals surface area contributed by atoms with E-state index in [9.17, 15) is 4.39 Å². The number of halogens is 1. The summed E-state index contributed by atoms with van der Waals surface area (Å²) < 4.78 is 30.3. The van der Waals surface area contributed by atoms with E-state index in [1.54, 1.807) is 32.4 Å². The fourth-order valence-electron chi connectivity index (χ4n) is 2.70. The van der Waals surface area contributed by atoms with Gasteiger partial charge in [-0.2, -0.15) is 0 Å². The maximum Gasteiger partial charge on any atom is 0.191 e. The molecule has 0 aliphatic carbocycles. The van der Waals surface area contributed by atoms with E-state index in [1.807, 2.05) is 6.92 Å². The first-order valence-corrected chi connectivity index (χ1v) is 8.57. The Hall–Kier alpha value is -1.86. The molecule has 2 N–H and O–H groups in total. The van der Waals surface area contributed by atoms with Crippen molar-refractivity contribution in [1.82, 2.24) is 10.6 Å². The molecule has 0 saturated carbocycles. The number of nitrogens with one attached hydrogen (secondary N) is 2. The molecule has 2 rings (SSSR count). The van der Waals surface area contributed by atoms with Gasteiger partial charge in [0.2, 0.25) is 0 Å². The van der Waals surface area contributed by atoms with E-state index in [-0.39, 0.29) is 23.3 Å². The Morgan fingerprint density at radius 1 is 1.32 bits per heavy atom. The van der Waals surface area contributed by atoms with E-state index < -0.39 is 0 Å². The summed E-state index contributed by atoms with van der Waals surface area (Å²) in [5.41, 5.74) is -0.231. The normalized spacial score (nSPS) is 18.5. The van der Waals surface area contributed by atoms with Crippen LogP contribution in [0.1, 0.15) is 19.8 Å². The molecule has 0 radical (unpaired) electrons. The van der Waals surface area contributed by atoms with Crippen molar-refractivity contribution in [3.63, 3.8) is 0 Å². The average Bonchev–Trinajstić information content (AvgIpc) is 2.64. The molecule has 1 fully saturated rings. The SMILES string of the molecule is CN=C(NCC(C)Oc1ccccc1F)NCC1(OC)CCOCC1. The number of hydrogen-bond acceptors (Lipinski definition) is 4. The predicted octanol–water partition coefficient (Wildman–Crippen LogP) is 1.95. The Morgan fingerprint density at radius 3 is 2.68 bits per heavy atom. The van der Waals surface area contributed by atoms with Gasteiger partial charge in [-0.25, -0.2) is 4.39 Å². The van der Waals surface area contributed by atoms with Gasteiger partial charge in [0.25, 0.3) is 0 Å². The van der Waals surface area contributed by atoms with Crippen LogP contribution in [0.5, 0.6) is 5.75 Å². The predicted molar refractivity (Wildman–Crippen MR) is 95.6 cm³/mol. The molecule has 0 spiro atoms. The highest BCUT2D eigenvalue weighted by atomic mass is 19.1. The monoisotopic (exact) mass is 353 g/mol. The Balaban J connectivity index is 1.78. The molecule has 1 aliphatic rings. The maximum atomic E-state index is 13.6. The summed E-state index contributed by atoms with van der Waals surface area (Å²) in [4.78, 5) is 4.21. The largest absolute Gasteiger partial charge is 0.486 e. The lowest BCUT2D eigenvalue weighted by atomic mass is 9.94. The van der Waals surface area contributed by atoms with Crippen LogP contribution in [0.2, 0.25) is 0 Å². The lowest BCUT2D eigenvalue weighted by Gasteiger charge is -2.36. The van der Waals surface area contributed by atoms with Crippen LogP contribution in [0.3, 0.4) is 0 Å². The number of aliphatic imine (C=N–C) groups is 1. The van der Waals surface area contributed by atoms with Crippen LogP contribution in [0.15, 0.2) is 29.3 Å². The minimum absolute atomic E-state index is 0.213. The van der Waals surface area contributed by atoms with Crippen LogP contribution < -0.4 is 15.4 Å². The Labute approximate surface area is 148 Å². The van der Waals surface area contributed by atoms with Gasteiger partial charge in [-0.3, -0.25) is 4.99 Å². The molecule has 0 aromatic heterocycles. The molecule has 1 aromatic rings. The Kier molecular flexibility index (Phi) is 7.46. The van der Waals surface area contributed by atoms with Crippen LogP contribution in [0.25, 0.3) is 0 Å². The van der Waals surface area contributed by atoms with Crippen LogP contribution in [0, 0.1) is 5.82 Å². The summed E-state index contributed by atoms with van der Waals surface area (Å²) in [5.74, 6) is 0.547. The van der Waals surface area contributed by atoms with Gasteiger partial charge in [-0.15, -0.1) is 0 Å². The highest BCUT2D eigenvalue weighted by Gasteiger charge is 2.32. The van der Waals surface area contributed by atoms with E-state index in [2.05, 4.69) is 15.6 Å². The third-order valence-corrected chi connectivity index (χ3v) is 4.36. The van der Waals surface area contributed by atoms with E-state index in [4.69, 9.17) is 14.2 Å². The molecular weight excluding hydrogens is 325 g/mol. The third-order valence-electron chi connectivity index (χ3n) is 4.36. The van der Waals surface area contributed by atoms with Crippen LogP contribution >= 0.6 is 0 Å². The summed E-state index contributed by atoms with van der Waals surface area (Å²) >= 11 is 0. The number of methoxy groups -OCH3 is 1. The first-order chi connectivity index (χ1) is 12.1. The fraction of sp³-hybridized carbons (Fsp3) is 0.611. The third kappa shape index (κ3) is 5.86. The van der Waals surface area contributed by atoms with Gasteiger partial charge in [0, 0.05) is 46.8 Å². The lowest BCUT2D eigenvalue weighted by molar-refractivity contribution is -0.0855. The quantitative estimate of drug-likeness (QED) is 0.579. The molecule has 1 saturated heterocycles. The van der Waals surface area contributed by atoms with E-state index in [0.717, 1.165) is 12.8 Å². The molecule has 1 atom stereocenters. The zero-order valence-electron chi connectivity index (χ0n) is 15.2. The second kappa shape index (κ2) is 9.58. The van der Waals surface area contributed by atoms with Crippen molar-refractivity contribution in [1.29, 1.82) is 0 Å². The topological polar surface area (TPSA) is 64.1 Å². The molecule has 1 aromatic carbocycles. The molecule has 0 amide bonds. The van der Waals surface area contributed by atoms with E-state index in [0.29, 0.717) is 32.3 Å². The molecule has 25 heavy (non-hydrogen) atoms. The lowest BCUT2D eigenvalue weighted by Crippen LogP contribution is -2.51. The zero-order chi connectivity index (χ0) is 18.1. The Morgan fingerprint density at radius 2 is 2.04 bits per heavy atom. The number of rotatable bonds is 7. The van der Waals surface area contributed by atoms with Crippen molar-refractivity contribution in [3.8, 4) is 5.75 Å². The van der Waals surface area contributed by atoms with Gasteiger partial charge >= 0.3 is 0 Å². The molecular formula is C18H28FN3O3. The van der Waals surface area contributed by atoms with Gasteiger partial charge in [0.1, 0.15) is 6.10 Å². The number of nitrogens with zero attached hydrogens (tertiary/aromatic N) is 1. The molecule has 140 valence electrons. The number of para-hydroxylation sites is 1. The molecule has 6 nitrogen and oxygen atoms in total. The first-order valence-electron chi connectivity index (χ1n) is 8.57. The molecule has 1 heterocycles. The van der Waals surface area contributed by atoms with Crippen LogP contribution in [0.4, 0.5) is 4.39 Å². The zero-order valence-corrected chi connectivity index (χ0v) is 15.2. The fourth-order valence-corrected chi connectivity index (χ4v) is 2.70. The summed E-state index contributed by atoms with van der Waals surface area (Å²) in [5, 5.41) is 6.48. The van der Waals surface area contributed by atoms with Crippen molar-refractivity contribution in [3.05, 3.63) is 30.1 Å². The molecule has 0 bridgehead atoms. The van der Waals surface area contributed by atoms with E-state index >= 15 is 0 Å². The van der Waals surface area contributed by atoms with Crippen LogP contribution in [-0.4, -0.2) is 58.1 Å². The standard InChI is InChI=1S/C18H28FN3O3/c1-14(25-16-7-5-4-6-15(16)19)12-21-17(20-2)22-13-18(23-3)8-10-24-11-9-18/h4-7,14H,8-13H2,1-3H3,(H2,20,21,22). The number of guanidine groups is 1. The van der Waals surface area contributed by atoms with Gasteiger partial charge in [-0.05, 0) is 19.1 Å². The molecule has 1 aliphatic heterocycles. The van der Waals surface area contributed by atoms with Crippen molar-refractivity contribution in [2.45, 2.75) is 31.5 Å². The number of hydrogen-bond donors (Lipinski definition) is 2. The van der Waals surface area contributed by atoms with Crippen molar-refractivity contribution in [2.24, 2.45) is 4.99 Å². The van der Waals surface area contributed by atoms with Crippen molar-refractivity contribution < 1.29 is 18.6 Å². The molecule has 7 heteroatoms. The van der Waals surface area contributed by atoms with Gasteiger partial charge in [0.15, 0.2) is 17.5 Å². The summed E-state index contributed by atoms with van der Waals surface area (Å²) in [6.07, 6.45) is 1.48. The maximum absolute atomic E-state index is 13.6. The smallest absolute Gasteiger partial charge is 0.191 e. The second-order valence-corrected chi connectivity index (χ2v) is 6.17. The van der Waals surface area contributed by atoms with Gasteiger partial charge in [-0.1, -0.05) is 12.1 Å². The van der Waals surface area contributed by atoms with Gasteiger partial charge < -0.3 is 24.8 Å². The van der Waals surface area contributed by atoms with Crippen molar-refractivity contribution >= 4 is 5.96 Å². The number of ether oxygens (including phenoxy) is 3. The first kappa shape index (κ1) is 19.5. The highest BCUT2D eigenvalue weighted by Crippen LogP contribution is 2.23. The minimum Gasteiger partial charge on any atom is -0.486 e. The van der Waals surface area contributed by atoms with Crippen LogP contribution in [-0.2, 0) is 9.47 Å². The molecule has 1 unspecified atom stereocenters. The highest BCUT2D eigenvalue weighted by molar-refractivity contribution is 5.79.